The monoisotopic (exact) mass is 623 g/mol. The third-order valence-corrected chi connectivity index (χ3v) is 7.80. The lowest BCUT2D eigenvalue weighted by atomic mass is 10.1. The van der Waals surface area contributed by atoms with E-state index in [0.717, 1.165) is 68.1 Å². The first-order valence-corrected chi connectivity index (χ1v) is 16.5. The molecule has 2 aromatic heterocycles. The molecule has 1 atom stereocenters. The maximum absolute atomic E-state index is 13.1. The molecule has 0 amide bonds. The van der Waals surface area contributed by atoms with E-state index < -0.39 is 18.0 Å². The molecular weight excluding hydrogens is 570 g/mol. The van der Waals surface area contributed by atoms with Gasteiger partial charge in [-0.25, -0.2) is 19.6 Å². The summed E-state index contributed by atoms with van der Waals surface area (Å²) in [6.07, 6.45) is 11.3. The number of ether oxygens (including phenoxy) is 2. The first-order chi connectivity index (χ1) is 21.9. The molecule has 1 unspecified atom stereocenters. The molecule has 11 heteroatoms. The third kappa shape index (κ3) is 11.7. The molecule has 3 aromatic rings. The minimum absolute atomic E-state index is 0.0424. The molecule has 0 fully saturated rings. The average Bonchev–Trinajstić information content (AvgIpc) is 3.75. The lowest BCUT2D eigenvalue weighted by Crippen LogP contribution is -2.48. The number of unbranched alkanes of at least 4 members (excludes halogenated alkanes) is 1. The molecule has 0 bridgehead atoms. The Morgan fingerprint density at radius 3 is 1.80 bits per heavy atom. The first-order valence-electron chi connectivity index (χ1n) is 16.5. The number of aromatic amines is 2. The quantitative estimate of drug-likeness (QED) is 0.0896. The second kappa shape index (κ2) is 19.8. The largest absolute Gasteiger partial charge is 0.464 e. The van der Waals surface area contributed by atoms with E-state index in [-0.39, 0.29) is 19.3 Å². The van der Waals surface area contributed by atoms with Crippen molar-refractivity contribution in [3.8, 4) is 0 Å². The number of aromatic nitrogens is 4. The van der Waals surface area contributed by atoms with E-state index in [4.69, 9.17) is 9.47 Å². The number of nitrogens with one attached hydrogen (secondary N) is 2. The number of hydrogen-bond donors (Lipinski definition) is 2. The van der Waals surface area contributed by atoms with Crippen LogP contribution in [0.15, 0.2) is 49.1 Å². The first kappa shape index (κ1) is 35.9. The topological polar surface area (TPSA) is 120 Å². The molecule has 3 rings (SSSR count). The van der Waals surface area contributed by atoms with Crippen molar-refractivity contribution in [2.45, 2.75) is 92.0 Å². The van der Waals surface area contributed by atoms with Crippen LogP contribution in [-0.4, -0.2) is 92.0 Å². The van der Waals surface area contributed by atoms with Gasteiger partial charge in [-0.2, -0.15) is 0 Å². The highest BCUT2D eigenvalue weighted by Crippen LogP contribution is 2.22. The van der Waals surface area contributed by atoms with E-state index in [1.54, 1.807) is 26.2 Å². The molecule has 0 spiro atoms. The lowest BCUT2D eigenvalue weighted by Gasteiger charge is -2.29. The van der Waals surface area contributed by atoms with Crippen LogP contribution in [0.3, 0.4) is 0 Å². The fraction of sp³-hybridized carbons (Fsp3) is 0.588. The van der Waals surface area contributed by atoms with Crippen molar-refractivity contribution >= 4 is 11.9 Å². The van der Waals surface area contributed by atoms with Gasteiger partial charge in [0.05, 0.1) is 25.8 Å². The van der Waals surface area contributed by atoms with Gasteiger partial charge in [0.25, 0.3) is 0 Å². The summed E-state index contributed by atoms with van der Waals surface area (Å²) in [5.74, 6) is 0.653. The number of benzene rings is 1. The van der Waals surface area contributed by atoms with Crippen LogP contribution in [0.2, 0.25) is 0 Å². The molecule has 0 aliphatic rings. The summed E-state index contributed by atoms with van der Waals surface area (Å²) in [5, 5.41) is 0. The standard InChI is InChI=1S/C34H53N7O4/c1-6-20-39(21-7-2)22-10-11-23-40(31(33(42)44-8-3)34(43)45-9-4)24-28-12-14-29(15-13-28)25-41(26-30-35-16-17-36-30)27(5)32-37-18-19-38-32/h12-19,27,31H,6-11,20-26H2,1-5H3,(H,35,36)(H,37,38). The molecule has 11 nitrogen and oxygen atoms in total. The molecule has 2 N–H and O–H groups in total. The van der Waals surface area contributed by atoms with Gasteiger partial charge in [0.15, 0.2) is 0 Å². The Bertz CT molecular complexity index is 1190. The van der Waals surface area contributed by atoms with E-state index >= 15 is 0 Å². The fourth-order valence-electron chi connectivity index (χ4n) is 5.56. The Kier molecular flexibility index (Phi) is 15.8. The van der Waals surface area contributed by atoms with Gasteiger partial charge < -0.3 is 24.3 Å². The molecule has 45 heavy (non-hydrogen) atoms. The lowest BCUT2D eigenvalue weighted by molar-refractivity contribution is -0.164. The number of hydrogen-bond acceptors (Lipinski definition) is 9. The molecule has 1 aromatic carbocycles. The highest BCUT2D eigenvalue weighted by molar-refractivity contribution is 5.99. The van der Waals surface area contributed by atoms with E-state index in [9.17, 15) is 9.59 Å². The average molecular weight is 624 g/mol. The molecule has 248 valence electrons. The van der Waals surface area contributed by atoms with Crippen LogP contribution in [0.5, 0.6) is 0 Å². The molecule has 0 aliphatic carbocycles. The number of nitrogens with zero attached hydrogens (tertiary/aromatic N) is 5. The summed E-state index contributed by atoms with van der Waals surface area (Å²) >= 11 is 0. The third-order valence-electron chi connectivity index (χ3n) is 7.80. The minimum atomic E-state index is -1.11. The van der Waals surface area contributed by atoms with Gasteiger partial charge in [0, 0.05) is 37.9 Å². The van der Waals surface area contributed by atoms with Gasteiger partial charge in [0.2, 0.25) is 6.04 Å². The summed E-state index contributed by atoms with van der Waals surface area (Å²) < 4.78 is 10.7. The normalized spacial score (nSPS) is 12.4. The zero-order chi connectivity index (χ0) is 32.4. The number of H-pyrrole nitrogens is 2. The van der Waals surface area contributed by atoms with Crippen LogP contribution in [0, 0.1) is 0 Å². The van der Waals surface area contributed by atoms with Crippen LogP contribution >= 0.6 is 0 Å². The van der Waals surface area contributed by atoms with Crippen LogP contribution in [-0.2, 0) is 38.7 Å². The number of carbonyl (C=O) groups excluding carboxylic acids is 2. The highest BCUT2D eigenvalue weighted by Gasteiger charge is 2.35. The highest BCUT2D eigenvalue weighted by atomic mass is 16.6. The summed E-state index contributed by atoms with van der Waals surface area (Å²) in [7, 11) is 0. The van der Waals surface area contributed by atoms with Crippen molar-refractivity contribution in [3.63, 3.8) is 0 Å². The van der Waals surface area contributed by atoms with Crippen LogP contribution in [0.4, 0.5) is 0 Å². The van der Waals surface area contributed by atoms with Crippen molar-refractivity contribution in [2.24, 2.45) is 0 Å². The van der Waals surface area contributed by atoms with Gasteiger partial charge in [-0.3, -0.25) is 9.80 Å². The van der Waals surface area contributed by atoms with E-state index in [0.29, 0.717) is 26.2 Å². The fourth-order valence-corrected chi connectivity index (χ4v) is 5.56. The Morgan fingerprint density at radius 2 is 1.29 bits per heavy atom. The van der Waals surface area contributed by atoms with Crippen molar-refractivity contribution in [3.05, 3.63) is 71.8 Å². The number of esters is 2. The molecule has 0 radical (unpaired) electrons. The number of rotatable bonds is 22. The van der Waals surface area contributed by atoms with Crippen LogP contribution < -0.4 is 0 Å². The zero-order valence-corrected chi connectivity index (χ0v) is 27.8. The van der Waals surface area contributed by atoms with Gasteiger partial charge in [-0.1, -0.05) is 38.1 Å². The smallest absolute Gasteiger partial charge is 0.335 e. The SMILES string of the molecule is CCCN(CCC)CCCCN(Cc1ccc(CN(Cc2ncc[nH]2)C(C)c2ncc[nH]2)cc1)C(C(=O)OCC)C(=O)OCC. The number of carbonyl (C=O) groups is 2. The van der Waals surface area contributed by atoms with Gasteiger partial charge >= 0.3 is 11.9 Å². The summed E-state index contributed by atoms with van der Waals surface area (Å²) in [4.78, 5) is 48.2. The Labute approximate surface area is 268 Å². The maximum Gasteiger partial charge on any atom is 0.335 e. The van der Waals surface area contributed by atoms with E-state index in [1.807, 2.05) is 17.3 Å². The van der Waals surface area contributed by atoms with Crippen molar-refractivity contribution in [1.29, 1.82) is 0 Å². The van der Waals surface area contributed by atoms with E-state index in [2.05, 4.69) is 74.8 Å². The molecule has 0 saturated heterocycles. The van der Waals surface area contributed by atoms with Crippen molar-refractivity contribution in [1.82, 2.24) is 34.6 Å². The van der Waals surface area contributed by atoms with Gasteiger partial charge in [-0.05, 0) is 83.8 Å². The summed E-state index contributed by atoms with van der Waals surface area (Å²) in [6, 6.07) is 7.29. The van der Waals surface area contributed by atoms with Crippen LogP contribution in [0.25, 0.3) is 0 Å². The number of imidazole rings is 2. The molecular formula is C34H53N7O4. The summed E-state index contributed by atoms with van der Waals surface area (Å²) in [6.45, 7) is 15.9. The predicted octanol–water partition coefficient (Wildman–Crippen LogP) is 5.10. The Hall–Kier alpha value is -3.54. The summed E-state index contributed by atoms with van der Waals surface area (Å²) in [5.41, 5.74) is 2.14. The van der Waals surface area contributed by atoms with Gasteiger partial charge in [0.1, 0.15) is 11.6 Å². The molecule has 2 heterocycles. The maximum atomic E-state index is 13.1. The minimum Gasteiger partial charge on any atom is -0.464 e. The van der Waals surface area contributed by atoms with Crippen molar-refractivity contribution < 1.29 is 19.1 Å². The predicted molar refractivity (Wildman–Crippen MR) is 175 cm³/mol. The molecule has 0 aliphatic heterocycles. The molecule has 0 saturated carbocycles. The van der Waals surface area contributed by atoms with E-state index in [1.165, 1.54) is 0 Å². The Morgan fingerprint density at radius 1 is 0.733 bits per heavy atom. The Balaban J connectivity index is 1.76. The van der Waals surface area contributed by atoms with Gasteiger partial charge in [-0.15, -0.1) is 0 Å². The van der Waals surface area contributed by atoms with Crippen molar-refractivity contribution in [2.75, 3.05) is 39.4 Å². The second-order valence-electron chi connectivity index (χ2n) is 11.3. The zero-order valence-electron chi connectivity index (χ0n) is 27.8. The second-order valence-corrected chi connectivity index (χ2v) is 11.3. The van der Waals surface area contributed by atoms with Crippen LogP contribution in [0.1, 0.15) is 89.1 Å².